The molecule has 132 valence electrons. The number of hydrogen-bond acceptors (Lipinski definition) is 5. The highest BCUT2D eigenvalue weighted by molar-refractivity contribution is 6.20. The normalized spacial score (nSPS) is 13.7. The summed E-state index contributed by atoms with van der Waals surface area (Å²) in [4.78, 5) is 48.3. The minimum Gasteiger partial charge on any atom is -0.427 e. The van der Waals surface area contributed by atoms with Crippen LogP contribution in [-0.4, -0.2) is 23.7 Å². The first-order chi connectivity index (χ1) is 12.4. The summed E-state index contributed by atoms with van der Waals surface area (Å²) in [5.74, 6) is -1.10. The summed E-state index contributed by atoms with van der Waals surface area (Å²) >= 11 is 0. The molecule has 7 heteroatoms. The van der Waals surface area contributed by atoms with Crippen molar-refractivity contribution in [2.24, 2.45) is 0 Å². The van der Waals surface area contributed by atoms with E-state index >= 15 is 0 Å². The molecule has 0 saturated carbocycles. The van der Waals surface area contributed by atoms with Crippen LogP contribution in [0.4, 0.5) is 11.4 Å². The molecule has 0 unspecified atom stereocenters. The molecule has 1 N–H and O–H groups in total. The summed E-state index contributed by atoms with van der Waals surface area (Å²) < 4.78 is 4.98. The predicted molar refractivity (Wildman–Crippen MR) is 93.9 cm³/mol. The van der Waals surface area contributed by atoms with Gasteiger partial charge in [-0.1, -0.05) is 12.1 Å². The molecule has 26 heavy (non-hydrogen) atoms. The SMILES string of the molecule is CC(=O)Oc1cccc(NC(=O)c2cccc(N3C(=O)CCC3=O)c2)c1. The number of amides is 3. The van der Waals surface area contributed by atoms with Crippen LogP contribution in [0.5, 0.6) is 5.75 Å². The number of nitrogens with zero attached hydrogens (tertiary/aromatic N) is 1. The van der Waals surface area contributed by atoms with Gasteiger partial charge in [0.05, 0.1) is 5.69 Å². The summed E-state index contributed by atoms with van der Waals surface area (Å²) in [6, 6.07) is 12.7. The molecule has 3 amide bonds. The molecular formula is C19H16N2O5. The van der Waals surface area contributed by atoms with E-state index < -0.39 is 11.9 Å². The Kier molecular flexibility index (Phi) is 4.79. The van der Waals surface area contributed by atoms with Crippen molar-refractivity contribution in [3.05, 3.63) is 54.1 Å². The molecule has 1 aliphatic heterocycles. The molecule has 2 aromatic rings. The maximum Gasteiger partial charge on any atom is 0.308 e. The van der Waals surface area contributed by atoms with Gasteiger partial charge in [-0.25, -0.2) is 0 Å². The minimum atomic E-state index is -0.457. The van der Waals surface area contributed by atoms with Crippen LogP contribution < -0.4 is 15.0 Å². The first kappa shape index (κ1) is 17.3. The average Bonchev–Trinajstić information content (AvgIpc) is 2.93. The second kappa shape index (κ2) is 7.18. The number of carbonyl (C=O) groups excluding carboxylic acids is 4. The van der Waals surface area contributed by atoms with Crippen LogP contribution in [0.2, 0.25) is 0 Å². The average molecular weight is 352 g/mol. The standard InChI is InChI=1S/C19H16N2O5/c1-12(22)26-16-7-3-5-14(11-16)20-19(25)13-4-2-6-15(10-13)21-17(23)8-9-18(21)24/h2-7,10-11H,8-9H2,1H3,(H,20,25). The van der Waals surface area contributed by atoms with E-state index in [4.69, 9.17) is 4.74 Å². The summed E-state index contributed by atoms with van der Waals surface area (Å²) in [5.41, 5.74) is 1.12. The lowest BCUT2D eigenvalue weighted by molar-refractivity contribution is -0.132. The molecule has 0 radical (unpaired) electrons. The van der Waals surface area contributed by atoms with E-state index in [-0.39, 0.29) is 24.7 Å². The summed E-state index contributed by atoms with van der Waals surface area (Å²) in [5, 5.41) is 2.69. The third kappa shape index (κ3) is 3.77. The number of imide groups is 1. The lowest BCUT2D eigenvalue weighted by Gasteiger charge is -2.15. The second-order valence-corrected chi connectivity index (χ2v) is 5.75. The fourth-order valence-corrected chi connectivity index (χ4v) is 2.66. The van der Waals surface area contributed by atoms with Crippen LogP contribution >= 0.6 is 0 Å². The van der Waals surface area contributed by atoms with Gasteiger partial charge in [0, 0.05) is 37.1 Å². The Hall–Kier alpha value is -3.48. The molecule has 1 fully saturated rings. The van der Waals surface area contributed by atoms with Crippen molar-refractivity contribution in [1.29, 1.82) is 0 Å². The quantitative estimate of drug-likeness (QED) is 0.518. The highest BCUT2D eigenvalue weighted by Gasteiger charge is 2.30. The van der Waals surface area contributed by atoms with Crippen molar-refractivity contribution in [2.75, 3.05) is 10.2 Å². The summed E-state index contributed by atoms with van der Waals surface area (Å²) in [7, 11) is 0. The molecule has 3 rings (SSSR count). The van der Waals surface area contributed by atoms with Crippen molar-refractivity contribution < 1.29 is 23.9 Å². The fraction of sp³-hybridized carbons (Fsp3) is 0.158. The van der Waals surface area contributed by atoms with E-state index in [1.807, 2.05) is 0 Å². The molecule has 2 aromatic carbocycles. The fourth-order valence-electron chi connectivity index (χ4n) is 2.66. The molecule has 1 aliphatic rings. The van der Waals surface area contributed by atoms with Crippen LogP contribution in [0, 0.1) is 0 Å². The number of benzene rings is 2. The maximum absolute atomic E-state index is 12.5. The van der Waals surface area contributed by atoms with Crippen molar-refractivity contribution in [3.8, 4) is 5.75 Å². The maximum atomic E-state index is 12.5. The van der Waals surface area contributed by atoms with Crippen molar-refractivity contribution >= 4 is 35.1 Å². The number of hydrogen-bond donors (Lipinski definition) is 1. The number of rotatable bonds is 4. The number of anilines is 2. The van der Waals surface area contributed by atoms with Crippen LogP contribution in [0.25, 0.3) is 0 Å². The first-order valence-electron chi connectivity index (χ1n) is 8.00. The van der Waals surface area contributed by atoms with Crippen molar-refractivity contribution in [2.45, 2.75) is 19.8 Å². The Morgan fingerprint density at radius 2 is 1.69 bits per heavy atom. The largest absolute Gasteiger partial charge is 0.427 e. The Balaban J connectivity index is 1.78. The smallest absolute Gasteiger partial charge is 0.308 e. The van der Waals surface area contributed by atoms with Gasteiger partial charge in [-0.05, 0) is 30.3 Å². The van der Waals surface area contributed by atoms with Gasteiger partial charge < -0.3 is 10.1 Å². The molecule has 7 nitrogen and oxygen atoms in total. The lowest BCUT2D eigenvalue weighted by Crippen LogP contribution is -2.28. The van der Waals surface area contributed by atoms with Crippen LogP contribution in [0.1, 0.15) is 30.1 Å². The van der Waals surface area contributed by atoms with Crippen LogP contribution in [0.3, 0.4) is 0 Å². The zero-order valence-corrected chi connectivity index (χ0v) is 14.0. The molecule has 0 aromatic heterocycles. The van der Waals surface area contributed by atoms with Gasteiger partial charge in [0.25, 0.3) is 5.91 Å². The number of carbonyl (C=O) groups is 4. The van der Waals surface area contributed by atoms with E-state index in [9.17, 15) is 19.2 Å². The van der Waals surface area contributed by atoms with Crippen molar-refractivity contribution in [1.82, 2.24) is 0 Å². The van der Waals surface area contributed by atoms with Gasteiger partial charge in [-0.2, -0.15) is 0 Å². The number of ether oxygens (including phenoxy) is 1. The topological polar surface area (TPSA) is 92.8 Å². The Morgan fingerprint density at radius 1 is 1.00 bits per heavy atom. The van der Waals surface area contributed by atoms with E-state index in [1.165, 1.54) is 19.1 Å². The molecular weight excluding hydrogens is 336 g/mol. The Bertz CT molecular complexity index is 890. The molecule has 1 heterocycles. The zero-order chi connectivity index (χ0) is 18.7. The molecule has 0 aliphatic carbocycles. The monoisotopic (exact) mass is 352 g/mol. The zero-order valence-electron chi connectivity index (χ0n) is 14.0. The third-order valence-electron chi connectivity index (χ3n) is 3.77. The number of esters is 1. The van der Waals surface area contributed by atoms with Gasteiger partial charge in [0.1, 0.15) is 5.75 Å². The van der Waals surface area contributed by atoms with E-state index in [1.54, 1.807) is 36.4 Å². The van der Waals surface area contributed by atoms with Crippen LogP contribution in [-0.2, 0) is 14.4 Å². The first-order valence-corrected chi connectivity index (χ1v) is 8.00. The third-order valence-corrected chi connectivity index (χ3v) is 3.77. The Labute approximate surface area is 149 Å². The van der Waals surface area contributed by atoms with E-state index in [0.717, 1.165) is 4.90 Å². The molecule has 0 bridgehead atoms. The summed E-state index contributed by atoms with van der Waals surface area (Å²) in [6.45, 7) is 1.29. The van der Waals surface area contributed by atoms with Gasteiger partial charge in [0.2, 0.25) is 11.8 Å². The van der Waals surface area contributed by atoms with E-state index in [0.29, 0.717) is 22.7 Å². The number of nitrogens with one attached hydrogen (secondary N) is 1. The lowest BCUT2D eigenvalue weighted by atomic mass is 10.1. The second-order valence-electron chi connectivity index (χ2n) is 5.75. The highest BCUT2D eigenvalue weighted by atomic mass is 16.5. The Morgan fingerprint density at radius 3 is 2.38 bits per heavy atom. The predicted octanol–water partition coefficient (Wildman–Crippen LogP) is 2.52. The van der Waals surface area contributed by atoms with Gasteiger partial charge in [-0.3, -0.25) is 24.1 Å². The van der Waals surface area contributed by atoms with Crippen molar-refractivity contribution in [3.63, 3.8) is 0 Å². The van der Waals surface area contributed by atoms with Gasteiger partial charge in [0.15, 0.2) is 0 Å². The van der Waals surface area contributed by atoms with Crippen LogP contribution in [0.15, 0.2) is 48.5 Å². The highest BCUT2D eigenvalue weighted by Crippen LogP contribution is 2.24. The molecule has 1 saturated heterocycles. The van der Waals surface area contributed by atoms with Gasteiger partial charge in [-0.15, -0.1) is 0 Å². The molecule has 0 spiro atoms. The summed E-state index contributed by atoms with van der Waals surface area (Å²) in [6.07, 6.45) is 0.358. The van der Waals surface area contributed by atoms with Gasteiger partial charge >= 0.3 is 5.97 Å². The molecule has 0 atom stereocenters. The minimum absolute atomic E-state index is 0.179. The van der Waals surface area contributed by atoms with E-state index in [2.05, 4.69) is 5.32 Å².